The van der Waals surface area contributed by atoms with Crippen molar-refractivity contribution in [3.05, 3.63) is 59.4 Å². The van der Waals surface area contributed by atoms with Gasteiger partial charge < -0.3 is 31.8 Å². The number of carbonyl (C=O) groups is 3. The van der Waals surface area contributed by atoms with Gasteiger partial charge in [0.05, 0.1) is 17.9 Å². The van der Waals surface area contributed by atoms with Crippen LogP contribution in [0.2, 0.25) is 0 Å². The maximum absolute atomic E-state index is 12.6. The van der Waals surface area contributed by atoms with E-state index >= 15 is 0 Å². The van der Waals surface area contributed by atoms with Crippen molar-refractivity contribution in [2.75, 3.05) is 11.9 Å². The molecule has 1 amide bonds. The average molecular weight is 491 g/mol. The number of esters is 2. The molecule has 0 spiro atoms. The predicted octanol–water partition coefficient (Wildman–Crippen LogP) is 0.201. The first-order valence-corrected chi connectivity index (χ1v) is 10.2. The van der Waals surface area contributed by atoms with Crippen LogP contribution in [0.4, 0.5) is 5.69 Å². The molecule has 8 heteroatoms. The van der Waals surface area contributed by atoms with Crippen LogP contribution >= 0.6 is 0 Å². The van der Waals surface area contributed by atoms with Gasteiger partial charge in [-0.15, -0.1) is 0 Å². The fraction of sp³-hybridized carbons (Fsp3) is 0.391. The van der Waals surface area contributed by atoms with E-state index in [-0.39, 0.29) is 48.1 Å². The van der Waals surface area contributed by atoms with Crippen molar-refractivity contribution < 1.29 is 45.4 Å². The second kappa shape index (κ2) is 11.6. The van der Waals surface area contributed by atoms with Crippen LogP contribution in [0, 0.1) is 6.92 Å². The number of amides is 1. The monoisotopic (exact) mass is 490 g/mol. The highest BCUT2D eigenvalue weighted by Crippen LogP contribution is 2.22. The summed E-state index contributed by atoms with van der Waals surface area (Å²) in [7, 11) is 0. The first kappa shape index (κ1) is 24.5. The number of pyridine rings is 1. The molecule has 1 aliphatic carbocycles. The van der Waals surface area contributed by atoms with E-state index in [9.17, 15) is 14.4 Å². The van der Waals surface area contributed by atoms with Crippen molar-refractivity contribution in [2.45, 2.75) is 52.2 Å². The minimum atomic E-state index is -0.485. The van der Waals surface area contributed by atoms with Gasteiger partial charge >= 0.3 is 11.9 Å². The van der Waals surface area contributed by atoms with Gasteiger partial charge in [-0.2, -0.15) is 4.57 Å². The van der Waals surface area contributed by atoms with E-state index in [1.807, 2.05) is 13.0 Å². The van der Waals surface area contributed by atoms with E-state index in [4.69, 9.17) is 9.47 Å². The number of para-hydroxylation sites is 1. The van der Waals surface area contributed by atoms with E-state index in [2.05, 4.69) is 5.32 Å². The van der Waals surface area contributed by atoms with Gasteiger partial charge in [-0.1, -0.05) is 12.1 Å². The highest BCUT2D eigenvalue weighted by atomic mass is 79.9. The normalized spacial score (nSPS) is 13.2. The number of aromatic nitrogens is 1. The Labute approximate surface area is 192 Å². The molecule has 1 heterocycles. The Balaban J connectivity index is 0.00000341. The topological polar surface area (TPSA) is 85.6 Å². The Morgan fingerprint density at radius 3 is 2.55 bits per heavy atom. The van der Waals surface area contributed by atoms with Crippen LogP contribution in [0.15, 0.2) is 42.7 Å². The highest BCUT2D eigenvalue weighted by Gasteiger charge is 2.22. The van der Waals surface area contributed by atoms with Crippen LogP contribution in [-0.4, -0.2) is 30.6 Å². The van der Waals surface area contributed by atoms with Crippen molar-refractivity contribution in [1.29, 1.82) is 0 Å². The van der Waals surface area contributed by atoms with E-state index in [0.717, 1.165) is 31.2 Å². The van der Waals surface area contributed by atoms with Gasteiger partial charge in [0.1, 0.15) is 11.7 Å². The summed E-state index contributed by atoms with van der Waals surface area (Å²) in [5.74, 6) is -1.18. The van der Waals surface area contributed by atoms with Crippen molar-refractivity contribution >= 4 is 23.5 Å². The van der Waals surface area contributed by atoms with Crippen molar-refractivity contribution in [1.82, 2.24) is 0 Å². The second-order valence-electron chi connectivity index (χ2n) is 7.34. The molecule has 1 saturated carbocycles. The number of anilines is 1. The SMILES string of the molecule is CCOC(=O)c1cccc(C)c1NC(=O)C[n+]1cccc(C(=O)OC2CCCC2)c1.[Br-]. The molecule has 7 nitrogen and oxygen atoms in total. The Bertz CT molecular complexity index is 941. The number of ether oxygens (including phenoxy) is 2. The Morgan fingerprint density at radius 1 is 1.10 bits per heavy atom. The maximum atomic E-state index is 12.6. The molecular weight excluding hydrogens is 464 g/mol. The van der Waals surface area contributed by atoms with E-state index in [1.165, 1.54) is 0 Å². The number of hydrogen-bond acceptors (Lipinski definition) is 5. The molecular formula is C23H27BrN2O5. The van der Waals surface area contributed by atoms with Gasteiger partial charge in [0.15, 0.2) is 12.4 Å². The third-order valence-electron chi connectivity index (χ3n) is 5.03. The minimum absolute atomic E-state index is 0. The number of nitrogens with one attached hydrogen (secondary N) is 1. The van der Waals surface area contributed by atoms with Gasteiger partial charge in [0.2, 0.25) is 6.54 Å². The zero-order valence-electron chi connectivity index (χ0n) is 17.7. The zero-order chi connectivity index (χ0) is 21.5. The zero-order valence-corrected chi connectivity index (χ0v) is 19.3. The van der Waals surface area contributed by atoms with Crippen molar-refractivity contribution in [2.24, 2.45) is 0 Å². The van der Waals surface area contributed by atoms with Crippen LogP contribution in [0.25, 0.3) is 0 Å². The van der Waals surface area contributed by atoms with Crippen LogP contribution < -0.4 is 26.9 Å². The molecule has 1 aromatic carbocycles. The summed E-state index contributed by atoms with van der Waals surface area (Å²) in [4.78, 5) is 37.2. The summed E-state index contributed by atoms with van der Waals surface area (Å²) in [5, 5.41) is 2.80. The summed E-state index contributed by atoms with van der Waals surface area (Å²) in [6, 6.07) is 8.55. The Kier molecular flexibility index (Phi) is 9.18. The van der Waals surface area contributed by atoms with E-state index in [0.29, 0.717) is 16.8 Å². The second-order valence-corrected chi connectivity index (χ2v) is 7.34. The molecule has 1 fully saturated rings. The standard InChI is InChI=1S/C23H26N2O5.BrH/c1-3-29-23(28)19-12-6-8-16(2)21(19)24-20(26)15-25-13-7-9-17(14-25)22(27)30-18-10-4-5-11-18;/h6-9,12-14,18H,3-5,10-11,15H2,1-2H3;1H. The van der Waals surface area contributed by atoms with Crippen LogP contribution in [0.5, 0.6) is 0 Å². The molecule has 1 N–H and O–H groups in total. The minimum Gasteiger partial charge on any atom is -1.00 e. The third kappa shape index (κ3) is 6.62. The molecule has 0 unspecified atom stereocenters. The van der Waals surface area contributed by atoms with Crippen LogP contribution in [0.1, 0.15) is 58.9 Å². The predicted molar refractivity (Wildman–Crippen MR) is 110 cm³/mol. The van der Waals surface area contributed by atoms with Crippen molar-refractivity contribution in [3.8, 4) is 0 Å². The van der Waals surface area contributed by atoms with Crippen LogP contribution in [-0.2, 0) is 20.8 Å². The van der Waals surface area contributed by atoms with Gasteiger partial charge in [-0.3, -0.25) is 4.79 Å². The van der Waals surface area contributed by atoms with E-state index in [1.54, 1.807) is 48.1 Å². The molecule has 31 heavy (non-hydrogen) atoms. The Morgan fingerprint density at radius 2 is 1.84 bits per heavy atom. The molecule has 0 radical (unpaired) electrons. The number of rotatable bonds is 7. The van der Waals surface area contributed by atoms with Crippen LogP contribution in [0.3, 0.4) is 0 Å². The summed E-state index contributed by atoms with van der Waals surface area (Å²) in [6.45, 7) is 3.78. The smallest absolute Gasteiger partial charge is 0.344 e. The molecule has 0 atom stereocenters. The average Bonchev–Trinajstić information content (AvgIpc) is 3.23. The first-order valence-electron chi connectivity index (χ1n) is 10.2. The van der Waals surface area contributed by atoms with Gasteiger partial charge in [0, 0.05) is 6.07 Å². The molecule has 1 aromatic heterocycles. The summed E-state index contributed by atoms with van der Waals surface area (Å²) in [6.07, 6.45) is 7.26. The molecule has 3 rings (SSSR count). The lowest BCUT2D eigenvalue weighted by Crippen LogP contribution is -3.00. The number of carbonyl (C=O) groups excluding carboxylic acids is 3. The molecule has 2 aromatic rings. The van der Waals surface area contributed by atoms with Gasteiger partial charge in [0.25, 0.3) is 5.91 Å². The summed E-state index contributed by atoms with van der Waals surface area (Å²) in [5.41, 5.74) is 1.90. The van der Waals surface area contributed by atoms with E-state index < -0.39 is 5.97 Å². The quantitative estimate of drug-likeness (QED) is 0.442. The first-order chi connectivity index (χ1) is 14.5. The highest BCUT2D eigenvalue weighted by molar-refractivity contribution is 6.02. The molecule has 1 aliphatic rings. The molecule has 0 aliphatic heterocycles. The Hall–Kier alpha value is -2.74. The largest absolute Gasteiger partial charge is 1.00 e. The number of halogens is 1. The van der Waals surface area contributed by atoms with Gasteiger partial charge in [-0.25, -0.2) is 9.59 Å². The third-order valence-corrected chi connectivity index (χ3v) is 5.03. The van der Waals surface area contributed by atoms with Crippen molar-refractivity contribution in [3.63, 3.8) is 0 Å². The fourth-order valence-corrected chi connectivity index (χ4v) is 3.52. The molecule has 0 bridgehead atoms. The summed E-state index contributed by atoms with van der Waals surface area (Å²) >= 11 is 0. The van der Waals surface area contributed by atoms with Gasteiger partial charge in [-0.05, 0) is 57.2 Å². The lowest BCUT2D eigenvalue weighted by Gasteiger charge is -2.12. The summed E-state index contributed by atoms with van der Waals surface area (Å²) < 4.78 is 12.2. The lowest BCUT2D eigenvalue weighted by atomic mass is 10.1. The molecule has 0 saturated heterocycles. The number of nitrogens with zero attached hydrogens (tertiary/aromatic N) is 1. The molecule has 166 valence electrons. The number of aryl methyl sites for hydroxylation is 1. The lowest BCUT2D eigenvalue weighted by molar-refractivity contribution is -0.684. The fourth-order valence-electron chi connectivity index (χ4n) is 3.52. The number of benzene rings is 1. The maximum Gasteiger partial charge on any atom is 0.344 e. The number of hydrogen-bond donors (Lipinski definition) is 1.